The molecule has 4 heteroatoms. The molecule has 0 N–H and O–H groups in total. The largest absolute Gasteiger partial charge is 0.394 e. The van der Waals surface area contributed by atoms with Gasteiger partial charge in [-0.2, -0.15) is 0 Å². The van der Waals surface area contributed by atoms with Crippen molar-refractivity contribution in [3.63, 3.8) is 0 Å². The molecule has 0 rings (SSSR count). The van der Waals surface area contributed by atoms with Crippen LogP contribution in [0.3, 0.4) is 0 Å². The summed E-state index contributed by atoms with van der Waals surface area (Å²) in [7, 11) is 6.00. The van der Waals surface area contributed by atoms with E-state index in [9.17, 15) is 9.59 Å². The summed E-state index contributed by atoms with van der Waals surface area (Å²) in [6.45, 7) is 2.36. The highest BCUT2D eigenvalue weighted by Crippen LogP contribution is 1.73. The Morgan fingerprint density at radius 1 is 1.00 bits per heavy atom. The smallest absolute Gasteiger partial charge is 0.310 e. The van der Waals surface area contributed by atoms with Gasteiger partial charge in [0.2, 0.25) is 0 Å². The third-order valence-corrected chi connectivity index (χ3v) is 0.287. The molecule has 4 nitrogen and oxygen atoms in total. The molecule has 0 heterocycles. The van der Waals surface area contributed by atoms with Gasteiger partial charge in [0, 0.05) is 13.8 Å². The average Bonchev–Trinajstić information content (AvgIpc) is 1.56. The summed E-state index contributed by atoms with van der Waals surface area (Å²) in [5, 5.41) is 0. The fourth-order valence-electron chi connectivity index (χ4n) is 0.202. The van der Waals surface area contributed by atoms with Crippen LogP contribution in [0.1, 0.15) is 13.8 Å². The van der Waals surface area contributed by atoms with Gasteiger partial charge in [-0.1, -0.05) is 0 Å². The van der Waals surface area contributed by atoms with Gasteiger partial charge in [0.1, 0.15) is 0 Å². The van der Waals surface area contributed by atoms with Crippen molar-refractivity contribution < 1.29 is 14.3 Å². The third kappa shape index (κ3) is 47.7. The number of rotatable bonds is 0. The van der Waals surface area contributed by atoms with Crippen LogP contribution in [0.5, 0.6) is 0 Å². The zero-order valence-corrected chi connectivity index (χ0v) is 7.67. The molecule has 0 spiro atoms. The molecule has 0 aliphatic heterocycles. The van der Waals surface area contributed by atoms with Gasteiger partial charge >= 0.3 is 11.9 Å². The minimum Gasteiger partial charge on any atom is -0.394 e. The molecule has 66 valence electrons. The van der Waals surface area contributed by atoms with E-state index in [-0.39, 0.29) is 0 Å². The fourth-order valence-corrected chi connectivity index (χ4v) is 0.202. The average molecular weight is 161 g/mol. The number of hydrogen-bond acceptors (Lipinski definition) is 4. The maximum Gasteiger partial charge on any atom is 0.310 e. The maximum absolute atomic E-state index is 9.81. The number of esters is 2. The van der Waals surface area contributed by atoms with Crippen molar-refractivity contribution in [2.75, 3.05) is 21.1 Å². The van der Waals surface area contributed by atoms with Crippen molar-refractivity contribution >= 4 is 11.9 Å². The highest BCUT2D eigenvalue weighted by Gasteiger charge is 1.93. The first-order chi connectivity index (χ1) is 4.86. The standard InChI is InChI=1S/C4H6O3.C3H9N/c1-3(5)7-4(2)6;1-4(2)3/h1-2H3;1-3H3. The Kier molecular flexibility index (Phi) is 8.36. The first-order valence-corrected chi connectivity index (χ1v) is 3.16. The van der Waals surface area contributed by atoms with Crippen molar-refractivity contribution in [2.24, 2.45) is 0 Å². The number of hydrogen-bond donors (Lipinski definition) is 0. The molecule has 0 amide bonds. The number of ether oxygens (including phenoxy) is 1. The van der Waals surface area contributed by atoms with Crippen LogP contribution in [0, 0.1) is 0 Å². The fraction of sp³-hybridized carbons (Fsp3) is 0.714. The Morgan fingerprint density at radius 3 is 1.18 bits per heavy atom. The molecule has 0 aliphatic rings. The predicted octanol–water partition coefficient (Wildman–Crippen LogP) is 0.274. The topological polar surface area (TPSA) is 46.6 Å². The van der Waals surface area contributed by atoms with Gasteiger partial charge in [-0.3, -0.25) is 9.59 Å². The quantitative estimate of drug-likeness (QED) is 0.378. The molecule has 0 atom stereocenters. The molecule has 0 saturated carbocycles. The summed E-state index contributed by atoms with van der Waals surface area (Å²) in [6.07, 6.45) is 0. The summed E-state index contributed by atoms with van der Waals surface area (Å²) >= 11 is 0. The molecule has 11 heavy (non-hydrogen) atoms. The summed E-state index contributed by atoms with van der Waals surface area (Å²) < 4.78 is 3.97. The van der Waals surface area contributed by atoms with E-state index in [1.54, 1.807) is 0 Å². The molecular formula is C7H15NO3. The normalized spacial score (nSPS) is 8.18. The van der Waals surface area contributed by atoms with E-state index in [4.69, 9.17) is 0 Å². The second kappa shape index (κ2) is 7.21. The van der Waals surface area contributed by atoms with Crippen LogP contribution in [0.25, 0.3) is 0 Å². The van der Waals surface area contributed by atoms with E-state index in [1.807, 2.05) is 26.0 Å². The highest BCUT2D eigenvalue weighted by atomic mass is 16.6. The Bertz CT molecular complexity index is 117. The lowest BCUT2D eigenvalue weighted by atomic mass is 10.7. The lowest BCUT2D eigenvalue weighted by Crippen LogP contribution is -2.03. The van der Waals surface area contributed by atoms with Crippen LogP contribution >= 0.6 is 0 Å². The van der Waals surface area contributed by atoms with Gasteiger partial charge in [-0.05, 0) is 21.1 Å². The zero-order valence-electron chi connectivity index (χ0n) is 7.67. The van der Waals surface area contributed by atoms with Gasteiger partial charge in [0.05, 0.1) is 0 Å². The van der Waals surface area contributed by atoms with Gasteiger partial charge in [-0.15, -0.1) is 0 Å². The molecular weight excluding hydrogens is 146 g/mol. The minimum absolute atomic E-state index is 0.562. The lowest BCUT2D eigenvalue weighted by molar-refractivity contribution is -0.156. The van der Waals surface area contributed by atoms with Crippen LogP contribution < -0.4 is 0 Å². The SMILES string of the molecule is CC(=O)OC(C)=O.CN(C)C. The second-order valence-electron chi connectivity index (χ2n) is 2.43. The molecule has 0 aromatic carbocycles. The first kappa shape index (κ1) is 12.7. The van der Waals surface area contributed by atoms with E-state index in [0.29, 0.717) is 0 Å². The molecule has 0 aromatic rings. The Labute approximate surface area is 67.1 Å². The van der Waals surface area contributed by atoms with Crippen LogP contribution in [0.4, 0.5) is 0 Å². The number of carbonyl (C=O) groups excluding carboxylic acids is 2. The Balaban J connectivity index is 0. The van der Waals surface area contributed by atoms with E-state index in [0.717, 1.165) is 0 Å². The Morgan fingerprint density at radius 2 is 1.18 bits per heavy atom. The highest BCUT2D eigenvalue weighted by molar-refractivity contribution is 5.82. The van der Waals surface area contributed by atoms with Crippen LogP contribution in [0.2, 0.25) is 0 Å². The molecule has 0 fully saturated rings. The molecule has 0 radical (unpaired) electrons. The molecule has 0 aliphatic carbocycles. The molecule has 0 aromatic heterocycles. The van der Waals surface area contributed by atoms with Crippen molar-refractivity contribution in [3.8, 4) is 0 Å². The van der Waals surface area contributed by atoms with E-state index < -0.39 is 11.9 Å². The minimum atomic E-state index is -0.562. The van der Waals surface area contributed by atoms with E-state index in [2.05, 4.69) is 4.74 Å². The summed E-state index contributed by atoms with van der Waals surface area (Å²) in [4.78, 5) is 21.6. The molecule has 0 bridgehead atoms. The van der Waals surface area contributed by atoms with Crippen molar-refractivity contribution in [1.82, 2.24) is 4.90 Å². The first-order valence-electron chi connectivity index (χ1n) is 3.16. The number of carbonyl (C=O) groups is 2. The van der Waals surface area contributed by atoms with Crippen molar-refractivity contribution in [3.05, 3.63) is 0 Å². The van der Waals surface area contributed by atoms with E-state index >= 15 is 0 Å². The maximum atomic E-state index is 9.81. The zero-order chi connectivity index (χ0) is 9.44. The van der Waals surface area contributed by atoms with Crippen LogP contribution in [-0.4, -0.2) is 38.0 Å². The number of nitrogens with zero attached hydrogens (tertiary/aromatic N) is 1. The van der Waals surface area contributed by atoms with Crippen molar-refractivity contribution in [2.45, 2.75) is 13.8 Å². The van der Waals surface area contributed by atoms with Gasteiger partial charge in [-0.25, -0.2) is 0 Å². The predicted molar refractivity (Wildman–Crippen MR) is 42.1 cm³/mol. The summed E-state index contributed by atoms with van der Waals surface area (Å²) in [5.41, 5.74) is 0. The van der Waals surface area contributed by atoms with Crippen LogP contribution in [0.15, 0.2) is 0 Å². The van der Waals surface area contributed by atoms with Gasteiger partial charge in [0.25, 0.3) is 0 Å². The van der Waals surface area contributed by atoms with E-state index in [1.165, 1.54) is 13.8 Å². The molecule has 0 unspecified atom stereocenters. The van der Waals surface area contributed by atoms with Gasteiger partial charge < -0.3 is 9.64 Å². The Hall–Kier alpha value is -0.900. The van der Waals surface area contributed by atoms with Gasteiger partial charge in [0.15, 0.2) is 0 Å². The van der Waals surface area contributed by atoms with Crippen LogP contribution in [-0.2, 0) is 14.3 Å². The third-order valence-electron chi connectivity index (χ3n) is 0.287. The molecule has 0 saturated heterocycles. The summed E-state index contributed by atoms with van der Waals surface area (Å²) in [5.74, 6) is -1.12. The second-order valence-corrected chi connectivity index (χ2v) is 2.43. The monoisotopic (exact) mass is 161 g/mol. The summed E-state index contributed by atoms with van der Waals surface area (Å²) in [6, 6.07) is 0. The lowest BCUT2D eigenvalue weighted by Gasteiger charge is -1.90. The van der Waals surface area contributed by atoms with Crippen molar-refractivity contribution in [1.29, 1.82) is 0 Å².